The Labute approximate surface area is 198 Å². The Balaban J connectivity index is 1.79. The van der Waals surface area contributed by atoms with E-state index in [0.717, 1.165) is 51.3 Å². The molecule has 0 N–H and O–H groups in total. The first-order valence-corrected chi connectivity index (χ1v) is 12.0. The Morgan fingerprint density at radius 2 is 1.77 bits per heavy atom. The molecule has 0 amide bonds. The zero-order valence-corrected chi connectivity index (χ0v) is 20.3. The van der Waals surface area contributed by atoms with Crippen molar-refractivity contribution < 1.29 is 14.3 Å². The van der Waals surface area contributed by atoms with Crippen LogP contribution >= 0.6 is 43.5 Å². The number of ether oxygens (including phenoxy) is 1. The summed E-state index contributed by atoms with van der Waals surface area (Å²) in [6.07, 6.45) is 6.85. The third kappa shape index (κ3) is 3.92. The number of rotatable bonds is 4. The van der Waals surface area contributed by atoms with Crippen LogP contribution in [0.2, 0.25) is 5.02 Å². The number of halogens is 3. The van der Waals surface area contributed by atoms with E-state index in [2.05, 4.69) is 37.9 Å². The number of hydrogen-bond acceptors (Lipinski definition) is 3. The predicted octanol–water partition coefficient (Wildman–Crippen LogP) is 7.32. The summed E-state index contributed by atoms with van der Waals surface area (Å²) in [5.74, 6) is -0.242. The average molecular weight is 553 g/mol. The van der Waals surface area contributed by atoms with Crippen LogP contribution in [-0.2, 0) is 21.6 Å². The SMILES string of the molecule is O=C1CCC(C(=O)OCc2ccc(Cl)cc2)(C2=CCCCC2)c2c(Br)ccc(Br)c21. The Kier molecular flexibility index (Phi) is 6.52. The maximum absolute atomic E-state index is 13.8. The van der Waals surface area contributed by atoms with Crippen molar-refractivity contribution in [1.82, 2.24) is 0 Å². The molecule has 0 radical (unpaired) electrons. The summed E-state index contributed by atoms with van der Waals surface area (Å²) in [5.41, 5.74) is 2.33. The number of fused-ring (bicyclic) bond motifs is 1. The molecule has 0 saturated carbocycles. The van der Waals surface area contributed by atoms with Gasteiger partial charge in [-0.15, -0.1) is 0 Å². The lowest BCUT2D eigenvalue weighted by molar-refractivity contribution is -0.151. The standard InChI is InChI=1S/C24H21Br2ClO3/c25-18-10-11-19(26)22-21(18)20(28)12-13-24(22,16-4-2-1-3-5-16)23(29)30-14-15-6-8-17(27)9-7-15/h4,6-11H,1-3,5,12-14H2. The fourth-order valence-corrected chi connectivity index (χ4v) is 5.87. The van der Waals surface area contributed by atoms with Gasteiger partial charge in [0.25, 0.3) is 0 Å². The van der Waals surface area contributed by atoms with Gasteiger partial charge in [0.05, 0.1) is 0 Å². The average Bonchev–Trinajstić information content (AvgIpc) is 2.76. The number of benzene rings is 2. The van der Waals surface area contributed by atoms with E-state index in [1.807, 2.05) is 24.3 Å². The van der Waals surface area contributed by atoms with Crippen molar-refractivity contribution in [2.24, 2.45) is 0 Å². The summed E-state index contributed by atoms with van der Waals surface area (Å²) < 4.78 is 7.37. The van der Waals surface area contributed by atoms with Gasteiger partial charge in [0.2, 0.25) is 0 Å². The van der Waals surface area contributed by atoms with Crippen molar-refractivity contribution in [2.45, 2.75) is 50.5 Å². The van der Waals surface area contributed by atoms with Crippen LogP contribution in [0, 0.1) is 0 Å². The van der Waals surface area contributed by atoms with Crippen LogP contribution in [0.25, 0.3) is 0 Å². The summed E-state index contributed by atoms with van der Waals surface area (Å²) in [4.78, 5) is 26.6. The van der Waals surface area contributed by atoms with Crippen molar-refractivity contribution in [2.75, 3.05) is 0 Å². The van der Waals surface area contributed by atoms with Gasteiger partial charge >= 0.3 is 5.97 Å². The molecule has 3 nitrogen and oxygen atoms in total. The molecule has 2 aliphatic rings. The van der Waals surface area contributed by atoms with Gasteiger partial charge in [-0.1, -0.05) is 67.2 Å². The maximum Gasteiger partial charge on any atom is 0.321 e. The molecule has 0 saturated heterocycles. The van der Waals surface area contributed by atoms with Crippen LogP contribution in [0.4, 0.5) is 0 Å². The molecule has 156 valence electrons. The minimum absolute atomic E-state index is 0.0516. The van der Waals surface area contributed by atoms with Crippen LogP contribution in [0.1, 0.15) is 60.0 Å². The molecule has 2 aromatic carbocycles. The topological polar surface area (TPSA) is 43.4 Å². The predicted molar refractivity (Wildman–Crippen MR) is 125 cm³/mol. The van der Waals surface area contributed by atoms with E-state index in [9.17, 15) is 9.59 Å². The van der Waals surface area contributed by atoms with Crippen molar-refractivity contribution in [3.05, 3.63) is 78.7 Å². The van der Waals surface area contributed by atoms with Crippen LogP contribution in [0.15, 0.2) is 57.0 Å². The lowest BCUT2D eigenvalue weighted by Crippen LogP contribution is -2.44. The van der Waals surface area contributed by atoms with Gasteiger partial charge < -0.3 is 4.74 Å². The molecule has 0 heterocycles. The van der Waals surface area contributed by atoms with Gasteiger partial charge in [-0.3, -0.25) is 9.59 Å². The molecule has 2 aromatic rings. The van der Waals surface area contributed by atoms with E-state index < -0.39 is 5.41 Å². The number of Topliss-reactive ketones (excluding diaryl/α,β-unsaturated/α-hetero) is 1. The summed E-state index contributed by atoms with van der Waals surface area (Å²) in [6, 6.07) is 11.0. The van der Waals surface area contributed by atoms with Crippen molar-refractivity contribution in [1.29, 1.82) is 0 Å². The monoisotopic (exact) mass is 550 g/mol. The lowest BCUT2D eigenvalue weighted by atomic mass is 9.63. The first kappa shape index (κ1) is 21.8. The second-order valence-electron chi connectivity index (χ2n) is 7.79. The highest BCUT2D eigenvalue weighted by Crippen LogP contribution is 2.51. The van der Waals surface area contributed by atoms with E-state index in [-0.39, 0.29) is 18.4 Å². The van der Waals surface area contributed by atoms with E-state index >= 15 is 0 Å². The molecular weight excluding hydrogens is 532 g/mol. The van der Waals surface area contributed by atoms with Crippen molar-refractivity contribution in [3.8, 4) is 0 Å². The Hall–Kier alpha value is -1.43. The minimum Gasteiger partial charge on any atom is -0.460 e. The van der Waals surface area contributed by atoms with E-state index in [1.165, 1.54) is 0 Å². The van der Waals surface area contributed by atoms with Gasteiger partial charge in [0, 0.05) is 26.0 Å². The highest BCUT2D eigenvalue weighted by atomic mass is 79.9. The number of allylic oxidation sites excluding steroid dienone is 1. The van der Waals surface area contributed by atoms with E-state index in [0.29, 0.717) is 23.4 Å². The summed E-state index contributed by atoms with van der Waals surface area (Å²) in [5, 5.41) is 0.641. The molecule has 6 heteroatoms. The normalized spacial score (nSPS) is 21.0. The molecule has 0 bridgehead atoms. The molecule has 2 aliphatic carbocycles. The van der Waals surface area contributed by atoms with Gasteiger partial charge in [-0.25, -0.2) is 0 Å². The molecule has 0 spiro atoms. The second kappa shape index (κ2) is 8.97. The zero-order valence-electron chi connectivity index (χ0n) is 16.3. The van der Waals surface area contributed by atoms with E-state index in [1.54, 1.807) is 12.1 Å². The molecule has 0 fully saturated rings. The van der Waals surface area contributed by atoms with Gasteiger partial charge in [-0.05, 0) is 67.5 Å². The third-order valence-electron chi connectivity index (χ3n) is 6.01. The summed E-state index contributed by atoms with van der Waals surface area (Å²) in [6.45, 7) is 0.167. The summed E-state index contributed by atoms with van der Waals surface area (Å²) >= 11 is 13.1. The molecule has 0 aliphatic heterocycles. The fourth-order valence-electron chi connectivity index (χ4n) is 4.53. The molecule has 0 aromatic heterocycles. The molecule has 4 rings (SSSR count). The number of carbonyl (C=O) groups is 2. The highest BCUT2D eigenvalue weighted by molar-refractivity contribution is 9.11. The molecular formula is C24H21Br2ClO3. The largest absolute Gasteiger partial charge is 0.460 e. The van der Waals surface area contributed by atoms with Gasteiger partial charge in [0.1, 0.15) is 12.0 Å². The van der Waals surface area contributed by atoms with Crippen LogP contribution in [0.5, 0.6) is 0 Å². The zero-order chi connectivity index (χ0) is 21.3. The van der Waals surface area contributed by atoms with Crippen LogP contribution < -0.4 is 0 Å². The highest BCUT2D eigenvalue weighted by Gasteiger charge is 2.51. The first-order valence-electron chi connectivity index (χ1n) is 10.1. The number of esters is 1. The fraction of sp³-hybridized carbons (Fsp3) is 0.333. The van der Waals surface area contributed by atoms with Crippen LogP contribution in [0.3, 0.4) is 0 Å². The summed E-state index contributed by atoms with van der Waals surface area (Å²) in [7, 11) is 0. The minimum atomic E-state index is -0.946. The quantitative estimate of drug-likeness (QED) is 0.295. The van der Waals surface area contributed by atoms with Crippen LogP contribution in [-0.4, -0.2) is 11.8 Å². The number of hydrogen-bond donors (Lipinski definition) is 0. The second-order valence-corrected chi connectivity index (χ2v) is 9.93. The van der Waals surface area contributed by atoms with Crippen molar-refractivity contribution >= 4 is 55.2 Å². The molecule has 30 heavy (non-hydrogen) atoms. The molecule has 1 unspecified atom stereocenters. The maximum atomic E-state index is 13.8. The van der Waals surface area contributed by atoms with E-state index in [4.69, 9.17) is 16.3 Å². The Morgan fingerprint density at radius 3 is 2.47 bits per heavy atom. The first-order chi connectivity index (χ1) is 14.4. The number of ketones is 1. The molecule has 1 atom stereocenters. The lowest BCUT2D eigenvalue weighted by Gasteiger charge is -2.40. The smallest absolute Gasteiger partial charge is 0.321 e. The third-order valence-corrected chi connectivity index (χ3v) is 7.58. The Morgan fingerprint density at radius 1 is 1.03 bits per heavy atom. The van der Waals surface area contributed by atoms with Gasteiger partial charge in [-0.2, -0.15) is 0 Å². The number of carbonyl (C=O) groups excluding carboxylic acids is 2. The Bertz CT molecular complexity index is 1030. The van der Waals surface area contributed by atoms with Gasteiger partial charge in [0.15, 0.2) is 5.78 Å². The van der Waals surface area contributed by atoms with Crippen molar-refractivity contribution in [3.63, 3.8) is 0 Å².